The summed E-state index contributed by atoms with van der Waals surface area (Å²) in [5.74, 6) is 0.644. The van der Waals surface area contributed by atoms with Crippen LogP contribution in [0.25, 0.3) is 0 Å². The van der Waals surface area contributed by atoms with Gasteiger partial charge in [0.1, 0.15) is 6.54 Å². The third-order valence-corrected chi connectivity index (χ3v) is 4.45. The van der Waals surface area contributed by atoms with E-state index in [4.69, 9.17) is 0 Å². The van der Waals surface area contributed by atoms with Crippen molar-refractivity contribution >= 4 is 17.6 Å². The first-order valence-corrected chi connectivity index (χ1v) is 9.17. The molecule has 1 aromatic rings. The maximum absolute atomic E-state index is 11.8. The number of amides is 1. The first-order valence-electron chi connectivity index (χ1n) is 9.17. The Morgan fingerprint density at radius 3 is 2.77 bits per heavy atom. The van der Waals surface area contributed by atoms with Crippen molar-refractivity contribution in [1.82, 2.24) is 15.5 Å². The molecule has 2 rings (SSSR count). The standard InChI is InChI=1S/C20H31N5O/c1-5-12-21-20(22-14-19(26)24(3)4)23-17-7-6-13-25(15-17)18-10-8-16(2)9-11-18/h5,8-11,17H,1,6-7,12-15H2,2-4H3,(H2,21,22,23). The third kappa shape index (κ3) is 6.10. The minimum absolute atomic E-state index is 0.0189. The highest BCUT2D eigenvalue weighted by atomic mass is 16.2. The number of carbonyl (C=O) groups is 1. The molecule has 1 heterocycles. The fraction of sp³-hybridized carbons (Fsp3) is 0.500. The monoisotopic (exact) mass is 357 g/mol. The molecule has 142 valence electrons. The van der Waals surface area contributed by atoms with Gasteiger partial charge >= 0.3 is 0 Å². The second kappa shape index (κ2) is 9.85. The van der Waals surface area contributed by atoms with Crippen molar-refractivity contribution in [2.45, 2.75) is 25.8 Å². The van der Waals surface area contributed by atoms with Crippen LogP contribution in [0.1, 0.15) is 18.4 Å². The van der Waals surface area contributed by atoms with Crippen LogP contribution >= 0.6 is 0 Å². The van der Waals surface area contributed by atoms with Crippen LogP contribution in [0, 0.1) is 6.92 Å². The summed E-state index contributed by atoms with van der Waals surface area (Å²) in [6.45, 7) is 8.56. The SMILES string of the molecule is C=CCNC(=NCC(=O)N(C)C)NC1CCCN(c2ccc(C)cc2)C1. The molecule has 0 aromatic heterocycles. The lowest BCUT2D eigenvalue weighted by atomic mass is 10.0. The maximum Gasteiger partial charge on any atom is 0.243 e. The summed E-state index contributed by atoms with van der Waals surface area (Å²) in [5.41, 5.74) is 2.52. The Hall–Kier alpha value is -2.50. The zero-order valence-electron chi connectivity index (χ0n) is 16.2. The smallest absolute Gasteiger partial charge is 0.243 e. The van der Waals surface area contributed by atoms with Gasteiger partial charge in [0, 0.05) is 45.5 Å². The van der Waals surface area contributed by atoms with Crippen LogP contribution in [0.3, 0.4) is 0 Å². The lowest BCUT2D eigenvalue weighted by Gasteiger charge is -2.35. The Labute approximate surface area is 157 Å². The molecule has 1 saturated heterocycles. The molecule has 6 nitrogen and oxygen atoms in total. The summed E-state index contributed by atoms with van der Waals surface area (Å²) in [5, 5.41) is 6.68. The quantitative estimate of drug-likeness (QED) is 0.463. The predicted octanol–water partition coefficient (Wildman–Crippen LogP) is 1.77. The largest absolute Gasteiger partial charge is 0.369 e. The molecule has 1 aromatic carbocycles. The number of nitrogens with zero attached hydrogens (tertiary/aromatic N) is 3. The van der Waals surface area contributed by atoms with Gasteiger partial charge in [-0.3, -0.25) is 4.79 Å². The minimum atomic E-state index is -0.0189. The minimum Gasteiger partial charge on any atom is -0.369 e. The number of rotatable bonds is 6. The number of carbonyl (C=O) groups excluding carboxylic acids is 1. The first-order chi connectivity index (χ1) is 12.5. The van der Waals surface area contributed by atoms with E-state index in [-0.39, 0.29) is 18.5 Å². The lowest BCUT2D eigenvalue weighted by Crippen LogP contribution is -2.51. The highest BCUT2D eigenvalue weighted by molar-refractivity contribution is 5.85. The number of hydrogen-bond donors (Lipinski definition) is 2. The van der Waals surface area contributed by atoms with Crippen molar-refractivity contribution in [3.05, 3.63) is 42.5 Å². The normalized spacial score (nSPS) is 17.6. The topological polar surface area (TPSA) is 60.0 Å². The molecule has 1 atom stereocenters. The number of likely N-dealkylation sites (N-methyl/N-ethyl adjacent to an activating group) is 1. The van der Waals surface area contributed by atoms with Gasteiger partial charge in [-0.25, -0.2) is 4.99 Å². The van der Waals surface area contributed by atoms with Crippen molar-refractivity contribution in [2.75, 3.05) is 45.2 Å². The Bertz CT molecular complexity index is 624. The fourth-order valence-electron chi connectivity index (χ4n) is 2.89. The molecule has 1 unspecified atom stereocenters. The number of aliphatic imine (C=N–C) groups is 1. The van der Waals surface area contributed by atoms with E-state index in [0.717, 1.165) is 25.9 Å². The van der Waals surface area contributed by atoms with Gasteiger partial charge < -0.3 is 20.4 Å². The molecule has 1 aliphatic rings. The summed E-state index contributed by atoms with van der Waals surface area (Å²) in [7, 11) is 3.48. The second-order valence-electron chi connectivity index (χ2n) is 6.89. The number of anilines is 1. The molecular formula is C20H31N5O. The van der Waals surface area contributed by atoms with Crippen LogP contribution in [0.15, 0.2) is 41.9 Å². The van der Waals surface area contributed by atoms with Crippen LogP contribution in [-0.2, 0) is 4.79 Å². The molecule has 26 heavy (non-hydrogen) atoms. The van der Waals surface area contributed by atoms with Crippen LogP contribution < -0.4 is 15.5 Å². The number of benzene rings is 1. The van der Waals surface area contributed by atoms with E-state index in [2.05, 4.69) is 58.3 Å². The molecule has 0 spiro atoms. The predicted molar refractivity (Wildman–Crippen MR) is 109 cm³/mol. The molecular weight excluding hydrogens is 326 g/mol. The van der Waals surface area contributed by atoms with E-state index in [1.165, 1.54) is 11.3 Å². The van der Waals surface area contributed by atoms with Crippen molar-refractivity contribution in [3.8, 4) is 0 Å². The van der Waals surface area contributed by atoms with Gasteiger partial charge in [-0.1, -0.05) is 23.8 Å². The fourth-order valence-corrected chi connectivity index (χ4v) is 2.89. The Balaban J connectivity index is 1.99. The molecule has 6 heteroatoms. The molecule has 0 aliphatic carbocycles. The number of guanidine groups is 1. The first kappa shape index (κ1) is 19.8. The molecule has 0 radical (unpaired) electrons. The van der Waals surface area contributed by atoms with Crippen LogP contribution in [0.5, 0.6) is 0 Å². The van der Waals surface area contributed by atoms with E-state index >= 15 is 0 Å². The molecule has 1 amide bonds. The Morgan fingerprint density at radius 2 is 2.12 bits per heavy atom. The van der Waals surface area contributed by atoms with Crippen LogP contribution in [0.2, 0.25) is 0 Å². The molecule has 1 aliphatic heterocycles. The highest BCUT2D eigenvalue weighted by Crippen LogP contribution is 2.20. The van der Waals surface area contributed by atoms with Crippen molar-refractivity contribution in [2.24, 2.45) is 4.99 Å². The van der Waals surface area contributed by atoms with Crippen molar-refractivity contribution < 1.29 is 4.79 Å². The Morgan fingerprint density at radius 1 is 1.38 bits per heavy atom. The average molecular weight is 358 g/mol. The van der Waals surface area contributed by atoms with Crippen molar-refractivity contribution in [3.63, 3.8) is 0 Å². The zero-order valence-corrected chi connectivity index (χ0v) is 16.2. The van der Waals surface area contributed by atoms with E-state index in [0.29, 0.717) is 12.5 Å². The van der Waals surface area contributed by atoms with Gasteiger partial charge in [0.15, 0.2) is 5.96 Å². The number of nitrogens with one attached hydrogen (secondary N) is 2. The van der Waals surface area contributed by atoms with Gasteiger partial charge in [-0.2, -0.15) is 0 Å². The molecule has 0 saturated carbocycles. The van der Waals surface area contributed by atoms with Crippen molar-refractivity contribution in [1.29, 1.82) is 0 Å². The summed E-state index contributed by atoms with van der Waals surface area (Å²) in [6, 6.07) is 8.95. The lowest BCUT2D eigenvalue weighted by molar-refractivity contribution is -0.127. The number of hydrogen-bond acceptors (Lipinski definition) is 3. The van der Waals surface area contributed by atoms with Crippen LogP contribution in [0.4, 0.5) is 5.69 Å². The average Bonchev–Trinajstić information content (AvgIpc) is 2.64. The van der Waals surface area contributed by atoms with Gasteiger partial charge in [-0.05, 0) is 31.9 Å². The van der Waals surface area contributed by atoms with E-state index in [1.807, 2.05) is 0 Å². The second-order valence-corrected chi connectivity index (χ2v) is 6.89. The van der Waals surface area contributed by atoms with Gasteiger partial charge in [0.05, 0.1) is 0 Å². The van der Waals surface area contributed by atoms with E-state index in [9.17, 15) is 4.79 Å². The van der Waals surface area contributed by atoms with Gasteiger partial charge in [0.2, 0.25) is 5.91 Å². The summed E-state index contributed by atoms with van der Waals surface area (Å²) < 4.78 is 0. The molecule has 0 bridgehead atoms. The van der Waals surface area contributed by atoms with E-state index in [1.54, 1.807) is 25.1 Å². The zero-order chi connectivity index (χ0) is 18.9. The maximum atomic E-state index is 11.8. The molecule has 2 N–H and O–H groups in total. The molecule has 1 fully saturated rings. The highest BCUT2D eigenvalue weighted by Gasteiger charge is 2.21. The number of aryl methyl sites for hydroxylation is 1. The third-order valence-electron chi connectivity index (χ3n) is 4.45. The van der Waals surface area contributed by atoms with E-state index < -0.39 is 0 Å². The van der Waals surface area contributed by atoms with Crippen LogP contribution in [-0.4, -0.2) is 63.1 Å². The summed E-state index contributed by atoms with van der Waals surface area (Å²) in [4.78, 5) is 20.2. The Kier molecular flexibility index (Phi) is 7.51. The summed E-state index contributed by atoms with van der Waals surface area (Å²) >= 11 is 0. The van der Waals surface area contributed by atoms with Gasteiger partial charge in [0.25, 0.3) is 0 Å². The van der Waals surface area contributed by atoms with Gasteiger partial charge in [-0.15, -0.1) is 6.58 Å². The number of piperidine rings is 1. The summed E-state index contributed by atoms with van der Waals surface area (Å²) in [6.07, 6.45) is 3.99.